The molecular formula is H2O8S2. The average molecular weight is 194 g/mol. The molecule has 2 atom stereocenters. The summed E-state index contributed by atoms with van der Waals surface area (Å²) in [6.07, 6.45) is 0. The van der Waals surface area contributed by atoms with Gasteiger partial charge in [0.2, 0.25) is 0 Å². The second-order valence-corrected chi connectivity index (χ2v) is 1.85. The van der Waals surface area contributed by atoms with Crippen LogP contribution < -0.4 is 0 Å². The molecule has 0 aromatic carbocycles. The molecule has 0 aromatic rings. The highest BCUT2D eigenvalue weighted by atomic mass is 32.2. The third-order valence-corrected chi connectivity index (χ3v) is 0.544. The van der Waals surface area contributed by atoms with E-state index < -0.39 is 22.7 Å². The first kappa shape index (κ1) is 10.1. The zero-order chi connectivity index (χ0) is 7.98. The number of hydrogen-bond acceptors (Lipinski definition) is 6. The van der Waals surface area contributed by atoms with E-state index in [4.69, 9.17) is 9.11 Å². The van der Waals surface area contributed by atoms with Crippen molar-refractivity contribution in [2.24, 2.45) is 0 Å². The van der Waals surface area contributed by atoms with E-state index in [1.165, 1.54) is 0 Å². The van der Waals surface area contributed by atoms with E-state index in [0.29, 0.717) is 0 Å². The fraction of sp³-hybridized carbons (Fsp3) is 0. The fourth-order valence-corrected chi connectivity index (χ4v) is 0.211. The summed E-state index contributed by atoms with van der Waals surface area (Å²) in [5.41, 5.74) is 0. The Morgan fingerprint density at radius 3 is 1.40 bits per heavy atom. The van der Waals surface area contributed by atoms with E-state index in [1.54, 1.807) is 0 Å². The standard InChI is InChI=1S/H2O8S2/c1-9(2)7-5-6-8-10(3)4/h(H,1,2)(H,3,4). The summed E-state index contributed by atoms with van der Waals surface area (Å²) in [4.78, 5) is 0. The lowest BCUT2D eigenvalue weighted by Crippen LogP contribution is -2.01. The highest BCUT2D eigenvalue weighted by Gasteiger charge is 1.98. The van der Waals surface area contributed by atoms with Crippen LogP contribution in [0.2, 0.25) is 0 Å². The van der Waals surface area contributed by atoms with Gasteiger partial charge < -0.3 is 0 Å². The molecule has 0 fully saturated rings. The van der Waals surface area contributed by atoms with Gasteiger partial charge in [0.25, 0.3) is 0 Å². The van der Waals surface area contributed by atoms with Crippen LogP contribution in [0.15, 0.2) is 0 Å². The second-order valence-electron chi connectivity index (χ2n) is 0.706. The third kappa shape index (κ3) is 8.06. The van der Waals surface area contributed by atoms with Gasteiger partial charge in [-0.3, -0.25) is 9.11 Å². The molecule has 0 radical (unpaired) electrons. The summed E-state index contributed by atoms with van der Waals surface area (Å²) in [5, 5.41) is 6.56. The first-order valence-corrected chi connectivity index (χ1v) is 3.60. The summed E-state index contributed by atoms with van der Waals surface area (Å²) in [5.74, 6) is 0. The topological polar surface area (TPSA) is 112 Å². The van der Waals surface area contributed by atoms with E-state index in [-0.39, 0.29) is 0 Å². The smallest absolute Gasteiger partial charge is 0.282 e. The number of rotatable bonds is 5. The summed E-state index contributed by atoms with van der Waals surface area (Å²) in [7, 11) is 0. The average Bonchev–Trinajstić information content (AvgIpc) is 1.79. The van der Waals surface area contributed by atoms with Gasteiger partial charge in [0.05, 0.1) is 0 Å². The largest absolute Gasteiger partial charge is 0.333 e. The van der Waals surface area contributed by atoms with Crippen molar-refractivity contribution in [1.82, 2.24) is 0 Å². The summed E-state index contributed by atoms with van der Waals surface area (Å²) in [6, 6.07) is 0. The molecular weight excluding hydrogens is 192 g/mol. The Morgan fingerprint density at radius 1 is 0.900 bits per heavy atom. The molecule has 0 spiro atoms. The summed E-state index contributed by atoms with van der Waals surface area (Å²) < 4.78 is 41.3. The SMILES string of the molecule is O=S(O)OOOOS(=O)O. The van der Waals surface area contributed by atoms with E-state index >= 15 is 0 Å². The van der Waals surface area contributed by atoms with Gasteiger partial charge >= 0.3 is 22.7 Å². The molecule has 0 aliphatic rings. The molecule has 0 saturated carbocycles. The Labute approximate surface area is 59.8 Å². The molecule has 0 rings (SSSR count). The van der Waals surface area contributed by atoms with Gasteiger partial charge in [-0.1, -0.05) is 8.67 Å². The van der Waals surface area contributed by atoms with E-state index in [0.717, 1.165) is 0 Å². The molecule has 10 heavy (non-hydrogen) atoms. The molecule has 8 nitrogen and oxygen atoms in total. The normalized spacial score (nSPS) is 16.6. The first-order chi connectivity index (χ1) is 4.63. The van der Waals surface area contributed by atoms with E-state index in [1.807, 2.05) is 0 Å². The Balaban J connectivity index is 3.06. The monoisotopic (exact) mass is 194 g/mol. The third-order valence-electron chi connectivity index (χ3n) is 0.200. The lowest BCUT2D eigenvalue weighted by Gasteiger charge is -1.92. The van der Waals surface area contributed by atoms with Crippen molar-refractivity contribution < 1.29 is 36.3 Å². The minimum Gasteiger partial charge on any atom is -0.282 e. The zero-order valence-electron chi connectivity index (χ0n) is 4.16. The maximum absolute atomic E-state index is 9.53. The van der Waals surface area contributed by atoms with Crippen molar-refractivity contribution in [1.29, 1.82) is 0 Å². The van der Waals surface area contributed by atoms with Crippen LogP contribution in [-0.2, 0) is 41.5 Å². The fourth-order valence-electron chi connectivity index (χ4n) is 0.0702. The Bertz CT molecular complexity index is 111. The summed E-state index contributed by atoms with van der Waals surface area (Å²) in [6.45, 7) is 0. The lowest BCUT2D eigenvalue weighted by molar-refractivity contribution is -0.575. The van der Waals surface area contributed by atoms with Crippen LogP contribution >= 0.6 is 0 Å². The van der Waals surface area contributed by atoms with E-state index in [9.17, 15) is 8.42 Å². The van der Waals surface area contributed by atoms with Crippen molar-refractivity contribution in [2.45, 2.75) is 0 Å². The highest BCUT2D eigenvalue weighted by Crippen LogP contribution is 1.87. The van der Waals surface area contributed by atoms with Crippen LogP contribution in [-0.4, -0.2) is 17.5 Å². The van der Waals surface area contributed by atoms with Crippen molar-refractivity contribution in [3.8, 4) is 0 Å². The molecule has 0 aromatic heterocycles. The minimum absolute atomic E-state index is 2.69. The molecule has 2 unspecified atom stereocenters. The number of hydrogen-bond donors (Lipinski definition) is 2. The van der Waals surface area contributed by atoms with Gasteiger partial charge in [0.15, 0.2) is 0 Å². The Kier molecular flexibility index (Phi) is 5.85. The molecule has 0 aliphatic carbocycles. The van der Waals surface area contributed by atoms with Crippen molar-refractivity contribution in [3.63, 3.8) is 0 Å². The van der Waals surface area contributed by atoms with Crippen molar-refractivity contribution in [3.05, 3.63) is 0 Å². The molecule has 0 heterocycles. The van der Waals surface area contributed by atoms with Crippen LogP contribution in [0.25, 0.3) is 0 Å². The molecule has 0 aliphatic heterocycles. The Morgan fingerprint density at radius 2 is 1.20 bits per heavy atom. The molecule has 2 N–H and O–H groups in total. The van der Waals surface area contributed by atoms with Crippen molar-refractivity contribution >= 4 is 22.7 Å². The van der Waals surface area contributed by atoms with Gasteiger partial charge in [-0.25, -0.2) is 0 Å². The van der Waals surface area contributed by atoms with Gasteiger partial charge in [-0.15, -0.1) is 0 Å². The van der Waals surface area contributed by atoms with Gasteiger partial charge in [0.1, 0.15) is 0 Å². The molecule has 0 amide bonds. The first-order valence-electron chi connectivity index (χ1n) is 1.53. The molecule has 0 bridgehead atoms. The van der Waals surface area contributed by atoms with Crippen LogP contribution in [0.5, 0.6) is 0 Å². The molecule has 10 heteroatoms. The summed E-state index contributed by atoms with van der Waals surface area (Å²) >= 11 is -5.38. The highest BCUT2D eigenvalue weighted by molar-refractivity contribution is 7.74. The zero-order valence-corrected chi connectivity index (χ0v) is 5.79. The predicted octanol–water partition coefficient (Wildman–Crippen LogP) is -0.929. The quantitative estimate of drug-likeness (QED) is 0.250. The van der Waals surface area contributed by atoms with Gasteiger partial charge in [-0.05, 0) is 10.1 Å². The molecule has 62 valence electrons. The van der Waals surface area contributed by atoms with Crippen LogP contribution in [0.4, 0.5) is 0 Å². The maximum atomic E-state index is 9.53. The van der Waals surface area contributed by atoms with E-state index in [2.05, 4.69) is 18.7 Å². The Hall–Kier alpha value is 0.0600. The lowest BCUT2D eigenvalue weighted by atomic mass is 14.4. The van der Waals surface area contributed by atoms with Crippen molar-refractivity contribution in [2.75, 3.05) is 0 Å². The predicted molar refractivity (Wildman–Crippen MR) is 25.9 cm³/mol. The maximum Gasteiger partial charge on any atom is 0.333 e. The van der Waals surface area contributed by atoms with Gasteiger partial charge in [0, 0.05) is 0 Å². The van der Waals surface area contributed by atoms with Crippen LogP contribution in [0.3, 0.4) is 0 Å². The van der Waals surface area contributed by atoms with Crippen LogP contribution in [0, 0.1) is 0 Å². The van der Waals surface area contributed by atoms with Crippen LogP contribution in [0.1, 0.15) is 0 Å². The second kappa shape index (κ2) is 5.82. The molecule has 0 saturated heterocycles. The van der Waals surface area contributed by atoms with Gasteiger partial charge in [-0.2, -0.15) is 8.42 Å². The minimum atomic E-state index is -2.69.